The molecular formula is C12H15N3O. The summed E-state index contributed by atoms with van der Waals surface area (Å²) in [5.74, 6) is 1.70. The first-order chi connectivity index (χ1) is 7.74. The summed E-state index contributed by atoms with van der Waals surface area (Å²) in [7, 11) is 0. The van der Waals surface area contributed by atoms with Crippen molar-refractivity contribution in [2.45, 2.75) is 26.4 Å². The molecule has 0 amide bonds. The number of aliphatic hydroxyl groups excluding tert-OH is 1. The van der Waals surface area contributed by atoms with Crippen molar-refractivity contribution in [2.75, 3.05) is 0 Å². The summed E-state index contributed by atoms with van der Waals surface area (Å²) in [5.41, 5.74) is 0.815. The molecule has 0 spiro atoms. The summed E-state index contributed by atoms with van der Waals surface area (Å²) < 4.78 is 1.92. The van der Waals surface area contributed by atoms with Crippen LogP contribution in [0.4, 0.5) is 0 Å². The van der Waals surface area contributed by atoms with Gasteiger partial charge in [-0.15, -0.1) is 0 Å². The highest BCUT2D eigenvalue weighted by Gasteiger charge is 2.12. The Bertz CT molecular complexity index is 477. The van der Waals surface area contributed by atoms with E-state index in [1.54, 1.807) is 19.3 Å². The third kappa shape index (κ3) is 1.84. The van der Waals surface area contributed by atoms with Gasteiger partial charge in [0, 0.05) is 30.6 Å². The van der Waals surface area contributed by atoms with Gasteiger partial charge in [-0.25, -0.2) is 9.97 Å². The van der Waals surface area contributed by atoms with Gasteiger partial charge in [-0.3, -0.25) is 4.57 Å². The Balaban J connectivity index is 2.55. The molecule has 2 rings (SSSR count). The van der Waals surface area contributed by atoms with Gasteiger partial charge < -0.3 is 5.11 Å². The van der Waals surface area contributed by atoms with Crippen LogP contribution in [0.5, 0.6) is 0 Å². The molecule has 1 N–H and O–H groups in total. The van der Waals surface area contributed by atoms with E-state index in [-0.39, 0.29) is 0 Å². The second-order valence-electron chi connectivity index (χ2n) is 3.66. The average molecular weight is 217 g/mol. The van der Waals surface area contributed by atoms with Gasteiger partial charge in [0.25, 0.3) is 0 Å². The predicted octanol–water partition coefficient (Wildman–Crippen LogP) is 1.88. The third-order valence-corrected chi connectivity index (χ3v) is 2.53. The maximum absolute atomic E-state index is 9.69. The molecule has 0 saturated heterocycles. The molecule has 0 radical (unpaired) electrons. The molecule has 0 unspecified atom stereocenters. The van der Waals surface area contributed by atoms with Crippen LogP contribution < -0.4 is 0 Å². The van der Waals surface area contributed by atoms with E-state index in [0.717, 1.165) is 23.6 Å². The van der Waals surface area contributed by atoms with E-state index >= 15 is 0 Å². The van der Waals surface area contributed by atoms with Crippen LogP contribution >= 0.6 is 0 Å². The van der Waals surface area contributed by atoms with Crippen molar-refractivity contribution in [3.05, 3.63) is 42.1 Å². The molecule has 0 saturated carbocycles. The number of pyridine rings is 1. The molecule has 0 aliphatic rings. The molecule has 4 nitrogen and oxygen atoms in total. The standard InChI is InChI=1S/C12H15N3O/c1-3-11-13-7-8-15(11)12-10(9(2)16)5-4-6-14-12/h4-9,16H,3H2,1-2H3/t9-/m1/s1. The zero-order chi connectivity index (χ0) is 11.5. The molecule has 2 aromatic rings. The van der Waals surface area contributed by atoms with Crippen molar-refractivity contribution in [2.24, 2.45) is 0 Å². The minimum atomic E-state index is -0.532. The first-order valence-electron chi connectivity index (χ1n) is 5.39. The Labute approximate surface area is 94.6 Å². The molecule has 16 heavy (non-hydrogen) atoms. The van der Waals surface area contributed by atoms with Crippen LogP contribution in [0, 0.1) is 0 Å². The fourth-order valence-corrected chi connectivity index (χ4v) is 1.73. The van der Waals surface area contributed by atoms with E-state index in [1.807, 2.05) is 29.8 Å². The van der Waals surface area contributed by atoms with E-state index in [2.05, 4.69) is 9.97 Å². The molecule has 2 heterocycles. The zero-order valence-corrected chi connectivity index (χ0v) is 9.46. The van der Waals surface area contributed by atoms with Crippen molar-refractivity contribution in [3.8, 4) is 5.82 Å². The molecule has 1 atom stereocenters. The number of hydrogen-bond donors (Lipinski definition) is 1. The normalized spacial score (nSPS) is 12.7. The van der Waals surface area contributed by atoms with E-state index < -0.39 is 6.10 Å². The van der Waals surface area contributed by atoms with Crippen LogP contribution in [0.1, 0.15) is 31.3 Å². The highest BCUT2D eigenvalue weighted by atomic mass is 16.3. The predicted molar refractivity (Wildman–Crippen MR) is 61.4 cm³/mol. The number of imidazole rings is 1. The first-order valence-corrected chi connectivity index (χ1v) is 5.39. The summed E-state index contributed by atoms with van der Waals surface area (Å²) in [5, 5.41) is 9.69. The lowest BCUT2D eigenvalue weighted by atomic mass is 10.1. The first kappa shape index (κ1) is 10.8. The second kappa shape index (κ2) is 4.45. The molecule has 0 aromatic carbocycles. The van der Waals surface area contributed by atoms with Gasteiger partial charge in [-0.1, -0.05) is 13.0 Å². The van der Waals surface area contributed by atoms with E-state index in [4.69, 9.17) is 0 Å². The van der Waals surface area contributed by atoms with Crippen LogP contribution in [-0.2, 0) is 6.42 Å². The minimum absolute atomic E-state index is 0.532. The maximum Gasteiger partial charge on any atom is 0.143 e. The zero-order valence-electron chi connectivity index (χ0n) is 9.46. The van der Waals surface area contributed by atoms with Crippen molar-refractivity contribution >= 4 is 0 Å². The summed E-state index contributed by atoms with van der Waals surface area (Å²) in [6.45, 7) is 3.78. The fraction of sp³-hybridized carbons (Fsp3) is 0.333. The second-order valence-corrected chi connectivity index (χ2v) is 3.66. The fourth-order valence-electron chi connectivity index (χ4n) is 1.73. The van der Waals surface area contributed by atoms with Gasteiger partial charge in [-0.2, -0.15) is 0 Å². The average Bonchev–Trinajstić information content (AvgIpc) is 2.76. The summed E-state index contributed by atoms with van der Waals surface area (Å²) in [6.07, 6.45) is 5.64. The van der Waals surface area contributed by atoms with Crippen LogP contribution in [0.15, 0.2) is 30.7 Å². The molecule has 4 heteroatoms. The lowest BCUT2D eigenvalue weighted by Crippen LogP contribution is -2.07. The van der Waals surface area contributed by atoms with Gasteiger partial charge in [-0.05, 0) is 13.0 Å². The lowest BCUT2D eigenvalue weighted by Gasteiger charge is -2.12. The Morgan fingerprint density at radius 2 is 2.19 bits per heavy atom. The van der Waals surface area contributed by atoms with Gasteiger partial charge in [0.05, 0.1) is 6.10 Å². The quantitative estimate of drug-likeness (QED) is 0.854. The number of hydrogen-bond acceptors (Lipinski definition) is 3. The van der Waals surface area contributed by atoms with Crippen molar-refractivity contribution in [1.29, 1.82) is 0 Å². The van der Waals surface area contributed by atoms with E-state index in [0.29, 0.717) is 0 Å². The SMILES string of the molecule is CCc1nccn1-c1ncccc1[C@@H](C)O. The van der Waals surface area contributed by atoms with Crippen molar-refractivity contribution in [1.82, 2.24) is 14.5 Å². The maximum atomic E-state index is 9.69. The Morgan fingerprint density at radius 1 is 1.38 bits per heavy atom. The molecular weight excluding hydrogens is 202 g/mol. The number of aliphatic hydroxyl groups is 1. The third-order valence-electron chi connectivity index (χ3n) is 2.53. The largest absolute Gasteiger partial charge is 0.389 e. The number of aryl methyl sites for hydroxylation is 1. The molecule has 84 valence electrons. The van der Waals surface area contributed by atoms with Crippen LogP contribution in [0.2, 0.25) is 0 Å². The minimum Gasteiger partial charge on any atom is -0.389 e. The Morgan fingerprint density at radius 3 is 2.88 bits per heavy atom. The number of aromatic nitrogens is 3. The smallest absolute Gasteiger partial charge is 0.143 e. The Hall–Kier alpha value is -1.68. The van der Waals surface area contributed by atoms with Gasteiger partial charge in [0.15, 0.2) is 0 Å². The number of nitrogens with zero attached hydrogens (tertiary/aromatic N) is 3. The lowest BCUT2D eigenvalue weighted by molar-refractivity contribution is 0.198. The van der Waals surface area contributed by atoms with Crippen LogP contribution in [0.25, 0.3) is 5.82 Å². The molecule has 0 aliphatic carbocycles. The highest BCUT2D eigenvalue weighted by Crippen LogP contribution is 2.20. The van der Waals surface area contributed by atoms with Gasteiger partial charge >= 0.3 is 0 Å². The van der Waals surface area contributed by atoms with E-state index in [9.17, 15) is 5.11 Å². The topological polar surface area (TPSA) is 50.9 Å². The molecule has 0 aliphatic heterocycles. The van der Waals surface area contributed by atoms with Gasteiger partial charge in [0.2, 0.25) is 0 Å². The molecule has 0 fully saturated rings. The molecule has 2 aromatic heterocycles. The summed E-state index contributed by atoms with van der Waals surface area (Å²) in [6, 6.07) is 3.71. The van der Waals surface area contributed by atoms with Crippen LogP contribution in [0.3, 0.4) is 0 Å². The van der Waals surface area contributed by atoms with Gasteiger partial charge in [0.1, 0.15) is 11.6 Å². The monoisotopic (exact) mass is 217 g/mol. The van der Waals surface area contributed by atoms with Crippen molar-refractivity contribution in [3.63, 3.8) is 0 Å². The van der Waals surface area contributed by atoms with Crippen molar-refractivity contribution < 1.29 is 5.11 Å². The summed E-state index contributed by atoms with van der Waals surface area (Å²) in [4.78, 5) is 8.57. The van der Waals surface area contributed by atoms with Crippen LogP contribution in [-0.4, -0.2) is 19.6 Å². The molecule has 0 bridgehead atoms. The summed E-state index contributed by atoms with van der Waals surface area (Å²) >= 11 is 0. The Kier molecular flexibility index (Phi) is 3.01. The number of rotatable bonds is 3. The van der Waals surface area contributed by atoms with E-state index in [1.165, 1.54) is 0 Å². The highest BCUT2D eigenvalue weighted by molar-refractivity contribution is 5.36.